The Morgan fingerprint density at radius 3 is 1.41 bits per heavy atom. The van der Waals surface area contributed by atoms with Crippen molar-refractivity contribution in [3.05, 3.63) is 36.5 Å². The summed E-state index contributed by atoms with van der Waals surface area (Å²) in [6.45, 7) is 4.28. The quantitative estimate of drug-likeness (QED) is 0.0195. The molecule has 1 heterocycles. The van der Waals surface area contributed by atoms with Gasteiger partial charge in [-0.05, 0) is 70.6 Å². The normalized spacial score (nSPS) is 19.4. The van der Waals surface area contributed by atoms with Gasteiger partial charge in [0.1, 0.15) is 24.4 Å². The lowest BCUT2D eigenvalue weighted by Gasteiger charge is -2.40. The molecule has 1 aliphatic rings. The van der Waals surface area contributed by atoms with Crippen LogP contribution >= 0.6 is 0 Å². The molecule has 6 N–H and O–H groups in total. The lowest BCUT2D eigenvalue weighted by atomic mass is 9.99. The van der Waals surface area contributed by atoms with Crippen molar-refractivity contribution in [1.29, 1.82) is 0 Å². The molecule has 0 radical (unpaired) electrons. The second-order valence-electron chi connectivity index (χ2n) is 20.3. The molecule has 0 bridgehead atoms. The van der Waals surface area contributed by atoms with E-state index in [4.69, 9.17) is 14.2 Å². The molecule has 7 unspecified atom stereocenters. The van der Waals surface area contributed by atoms with E-state index in [0.717, 1.165) is 77.0 Å². The Labute approximate surface area is 428 Å². The molecular formula is C59H109NO10. The Kier molecular flexibility index (Phi) is 46.2. The molecule has 1 saturated heterocycles. The largest absolute Gasteiger partial charge is 0.466 e. The molecule has 0 aromatic rings. The Balaban J connectivity index is 2.09. The van der Waals surface area contributed by atoms with Crippen LogP contribution in [0.15, 0.2) is 36.5 Å². The van der Waals surface area contributed by atoms with Gasteiger partial charge in [0.15, 0.2) is 6.29 Å². The molecule has 70 heavy (non-hydrogen) atoms. The smallest absolute Gasteiger partial charge is 0.305 e. The average molecular weight is 993 g/mol. The molecule has 1 aliphatic heterocycles. The predicted molar refractivity (Wildman–Crippen MR) is 287 cm³/mol. The van der Waals surface area contributed by atoms with Crippen LogP contribution in [0.5, 0.6) is 0 Å². The summed E-state index contributed by atoms with van der Waals surface area (Å²) in [7, 11) is 0. The molecule has 0 aromatic carbocycles. The van der Waals surface area contributed by atoms with E-state index >= 15 is 0 Å². The number of nitrogens with one attached hydrogen (secondary N) is 1. The highest BCUT2D eigenvalue weighted by Gasteiger charge is 2.44. The summed E-state index contributed by atoms with van der Waals surface area (Å²) in [5.74, 6) is -0.211. The molecule has 1 amide bonds. The molecule has 1 fully saturated rings. The number of ether oxygens (including phenoxy) is 3. The van der Waals surface area contributed by atoms with Crippen molar-refractivity contribution in [2.45, 2.75) is 307 Å². The van der Waals surface area contributed by atoms with Gasteiger partial charge in [0.05, 0.1) is 32.0 Å². The highest BCUT2D eigenvalue weighted by atomic mass is 16.7. The van der Waals surface area contributed by atoms with Crippen molar-refractivity contribution >= 4 is 11.9 Å². The number of hydrogen-bond donors (Lipinski definition) is 6. The van der Waals surface area contributed by atoms with Crippen molar-refractivity contribution in [2.24, 2.45) is 0 Å². The highest BCUT2D eigenvalue weighted by Crippen LogP contribution is 2.23. The fourth-order valence-electron chi connectivity index (χ4n) is 9.03. The third-order valence-electron chi connectivity index (χ3n) is 13.7. The van der Waals surface area contributed by atoms with Crippen LogP contribution in [-0.2, 0) is 23.8 Å². The van der Waals surface area contributed by atoms with Crippen LogP contribution in [-0.4, -0.2) is 100 Å². The van der Waals surface area contributed by atoms with Crippen molar-refractivity contribution in [2.75, 3.05) is 19.8 Å². The molecule has 0 aliphatic carbocycles. The molecular weight excluding hydrogens is 883 g/mol. The van der Waals surface area contributed by atoms with E-state index in [0.29, 0.717) is 19.4 Å². The first kappa shape index (κ1) is 65.9. The number of amides is 1. The van der Waals surface area contributed by atoms with Gasteiger partial charge in [0.25, 0.3) is 0 Å². The first-order valence-electron chi connectivity index (χ1n) is 29.3. The number of esters is 1. The third kappa shape index (κ3) is 38.5. The van der Waals surface area contributed by atoms with Crippen molar-refractivity contribution < 1.29 is 49.3 Å². The number of allylic oxidation sites excluding steroid dienone is 5. The SMILES string of the molecule is CCCCCCC/C=C/CC/C=C/C(O)C(COC1OC(CO)C(O)C(O)C1O)NC(=O)CCCCCCCCC/C=C\CCCCCCCCCCCOC(=O)CCCCCCCCCCCCC. The number of aliphatic hydroxyl groups excluding tert-OH is 5. The molecule has 7 atom stereocenters. The zero-order valence-corrected chi connectivity index (χ0v) is 45.0. The molecule has 11 heteroatoms. The van der Waals surface area contributed by atoms with Gasteiger partial charge >= 0.3 is 5.97 Å². The van der Waals surface area contributed by atoms with E-state index in [2.05, 4.69) is 43.5 Å². The third-order valence-corrected chi connectivity index (χ3v) is 13.7. The topological polar surface area (TPSA) is 175 Å². The van der Waals surface area contributed by atoms with E-state index in [9.17, 15) is 35.1 Å². The van der Waals surface area contributed by atoms with Crippen LogP contribution in [0, 0.1) is 0 Å². The highest BCUT2D eigenvalue weighted by molar-refractivity contribution is 5.76. The number of hydrogen-bond acceptors (Lipinski definition) is 10. The average Bonchev–Trinajstić information content (AvgIpc) is 3.36. The van der Waals surface area contributed by atoms with Gasteiger partial charge in [-0.15, -0.1) is 0 Å². The molecule has 1 rings (SSSR count). The lowest BCUT2D eigenvalue weighted by molar-refractivity contribution is -0.302. The number of carbonyl (C=O) groups excluding carboxylic acids is 2. The first-order valence-corrected chi connectivity index (χ1v) is 29.3. The van der Waals surface area contributed by atoms with E-state index in [1.165, 1.54) is 161 Å². The van der Waals surface area contributed by atoms with Crippen LogP contribution < -0.4 is 5.32 Å². The maximum atomic E-state index is 13.0. The van der Waals surface area contributed by atoms with Gasteiger partial charge < -0.3 is 45.1 Å². The van der Waals surface area contributed by atoms with Gasteiger partial charge in [-0.2, -0.15) is 0 Å². The molecule has 0 spiro atoms. The minimum atomic E-state index is -1.58. The van der Waals surface area contributed by atoms with Crippen molar-refractivity contribution in [3.63, 3.8) is 0 Å². The first-order chi connectivity index (χ1) is 34.2. The Morgan fingerprint density at radius 2 is 0.929 bits per heavy atom. The maximum Gasteiger partial charge on any atom is 0.305 e. The summed E-state index contributed by atoms with van der Waals surface area (Å²) in [5.41, 5.74) is 0. The number of carbonyl (C=O) groups is 2. The molecule has 11 nitrogen and oxygen atoms in total. The summed E-state index contributed by atoms with van der Waals surface area (Å²) in [5, 5.41) is 54.2. The van der Waals surface area contributed by atoms with E-state index in [1.54, 1.807) is 6.08 Å². The Bertz CT molecular complexity index is 1260. The molecule has 410 valence electrons. The summed E-state index contributed by atoms with van der Waals surface area (Å²) in [6, 6.07) is -0.833. The van der Waals surface area contributed by atoms with Crippen LogP contribution in [0.3, 0.4) is 0 Å². The summed E-state index contributed by atoms with van der Waals surface area (Å²) in [4.78, 5) is 25.0. The number of aliphatic hydroxyl groups is 5. The van der Waals surface area contributed by atoms with Crippen LogP contribution in [0.25, 0.3) is 0 Å². The summed E-state index contributed by atoms with van der Waals surface area (Å²) >= 11 is 0. The zero-order valence-electron chi connectivity index (χ0n) is 45.0. The number of unbranched alkanes of at least 4 members (excludes halogenated alkanes) is 32. The van der Waals surface area contributed by atoms with E-state index < -0.39 is 49.5 Å². The standard InChI is InChI=1S/C59H109NO10/c1-3-5-7-9-11-13-25-29-33-37-41-45-52(62)51(50-69-59-58(67)57(66)56(65)53(49-61)70-59)60-54(63)46-42-38-34-30-27-23-21-19-17-15-16-18-20-22-24-28-32-36-40-44-48-68-55(64)47-43-39-35-31-26-14-12-10-8-6-4-2/h15,17,25,29,41,45,51-53,56-59,61-62,65-67H,3-14,16,18-24,26-28,30-40,42-44,46-50H2,1-2H3,(H,60,63)/b17-15-,29-25+,45-41+. The lowest BCUT2D eigenvalue weighted by Crippen LogP contribution is -2.60. The second kappa shape index (κ2) is 49.1. The summed E-state index contributed by atoms with van der Waals surface area (Å²) < 4.78 is 16.7. The molecule has 0 aromatic heterocycles. The monoisotopic (exact) mass is 992 g/mol. The fraction of sp³-hybridized carbons (Fsp3) is 0.864. The van der Waals surface area contributed by atoms with Crippen molar-refractivity contribution in [3.8, 4) is 0 Å². The van der Waals surface area contributed by atoms with Crippen LogP contribution in [0.4, 0.5) is 0 Å². The minimum absolute atomic E-state index is 0.00896. The second-order valence-corrected chi connectivity index (χ2v) is 20.3. The fourth-order valence-corrected chi connectivity index (χ4v) is 9.03. The number of rotatable bonds is 50. The van der Waals surface area contributed by atoms with Crippen LogP contribution in [0.2, 0.25) is 0 Å². The predicted octanol–water partition coefficient (Wildman–Crippen LogP) is 13.1. The minimum Gasteiger partial charge on any atom is -0.466 e. The van der Waals surface area contributed by atoms with E-state index in [1.807, 2.05) is 6.08 Å². The maximum absolute atomic E-state index is 13.0. The molecule has 0 saturated carbocycles. The van der Waals surface area contributed by atoms with Gasteiger partial charge in [0, 0.05) is 12.8 Å². The zero-order chi connectivity index (χ0) is 51.0. The Hall–Kier alpha value is -2.12. The van der Waals surface area contributed by atoms with Gasteiger partial charge in [-0.3, -0.25) is 9.59 Å². The van der Waals surface area contributed by atoms with Gasteiger partial charge in [-0.1, -0.05) is 217 Å². The van der Waals surface area contributed by atoms with Gasteiger partial charge in [-0.25, -0.2) is 0 Å². The van der Waals surface area contributed by atoms with Gasteiger partial charge in [0.2, 0.25) is 5.91 Å². The van der Waals surface area contributed by atoms with Crippen LogP contribution in [0.1, 0.15) is 264 Å². The van der Waals surface area contributed by atoms with E-state index in [-0.39, 0.29) is 18.5 Å². The Morgan fingerprint density at radius 1 is 0.514 bits per heavy atom. The summed E-state index contributed by atoms with van der Waals surface area (Å²) in [6.07, 6.45) is 49.5. The van der Waals surface area contributed by atoms with Crippen molar-refractivity contribution in [1.82, 2.24) is 5.32 Å².